The van der Waals surface area contributed by atoms with Crippen molar-refractivity contribution in [1.29, 1.82) is 0 Å². The quantitative estimate of drug-likeness (QED) is 0.650. The normalized spacial score (nSPS) is 11.9. The molecular formula is C16H25N3O3. The van der Waals surface area contributed by atoms with Crippen molar-refractivity contribution in [1.82, 2.24) is 10.6 Å². The molecule has 22 heavy (non-hydrogen) atoms. The van der Waals surface area contributed by atoms with Crippen LogP contribution in [0.3, 0.4) is 0 Å². The van der Waals surface area contributed by atoms with Gasteiger partial charge in [-0.05, 0) is 24.0 Å². The van der Waals surface area contributed by atoms with Gasteiger partial charge in [0.05, 0.1) is 20.2 Å². The molecule has 6 nitrogen and oxygen atoms in total. The predicted octanol–water partition coefficient (Wildman–Crippen LogP) is 0.453. The minimum atomic E-state index is -0.346. The first-order valence-electron chi connectivity index (χ1n) is 7.36. The molecule has 0 aliphatic heterocycles. The van der Waals surface area contributed by atoms with Crippen LogP contribution in [0.2, 0.25) is 0 Å². The minimum absolute atomic E-state index is 0.0430. The van der Waals surface area contributed by atoms with Gasteiger partial charge in [-0.2, -0.15) is 0 Å². The molecular weight excluding hydrogens is 282 g/mol. The number of ether oxygens (including phenoxy) is 1. The van der Waals surface area contributed by atoms with E-state index in [4.69, 9.17) is 10.5 Å². The molecule has 0 spiro atoms. The summed E-state index contributed by atoms with van der Waals surface area (Å²) >= 11 is 0. The van der Waals surface area contributed by atoms with E-state index >= 15 is 0 Å². The van der Waals surface area contributed by atoms with E-state index in [1.54, 1.807) is 7.11 Å². The topological polar surface area (TPSA) is 93.5 Å². The van der Waals surface area contributed by atoms with Crippen LogP contribution in [0.5, 0.6) is 5.75 Å². The van der Waals surface area contributed by atoms with Gasteiger partial charge in [0, 0.05) is 6.04 Å². The summed E-state index contributed by atoms with van der Waals surface area (Å²) in [6.07, 6.45) is 0.665. The third-order valence-electron chi connectivity index (χ3n) is 3.41. The number of rotatable bonds is 8. The molecule has 1 aromatic rings. The fourth-order valence-corrected chi connectivity index (χ4v) is 2.07. The molecule has 0 saturated heterocycles. The van der Waals surface area contributed by atoms with Crippen molar-refractivity contribution >= 4 is 11.8 Å². The molecule has 2 amide bonds. The zero-order valence-corrected chi connectivity index (χ0v) is 13.4. The molecule has 1 unspecified atom stereocenters. The highest BCUT2D eigenvalue weighted by Gasteiger charge is 2.18. The number of methoxy groups -OCH3 is 1. The Bertz CT molecular complexity index is 503. The van der Waals surface area contributed by atoms with Crippen LogP contribution >= 0.6 is 0 Å². The maximum atomic E-state index is 11.9. The van der Waals surface area contributed by atoms with E-state index in [-0.39, 0.29) is 36.9 Å². The largest absolute Gasteiger partial charge is 0.496 e. The van der Waals surface area contributed by atoms with Gasteiger partial charge in [-0.15, -0.1) is 0 Å². The summed E-state index contributed by atoms with van der Waals surface area (Å²) in [5.74, 6) is 0.481. The molecule has 0 aliphatic rings. The molecule has 4 N–H and O–H groups in total. The van der Waals surface area contributed by atoms with Crippen LogP contribution in [0.25, 0.3) is 0 Å². The SMILES string of the molecule is COc1ccccc1CC(NC(=O)CNC(=O)CN)C(C)C. The van der Waals surface area contributed by atoms with Crippen LogP contribution < -0.4 is 21.1 Å². The number of hydrogen-bond acceptors (Lipinski definition) is 4. The van der Waals surface area contributed by atoms with Crippen molar-refractivity contribution < 1.29 is 14.3 Å². The van der Waals surface area contributed by atoms with Crippen molar-refractivity contribution in [3.63, 3.8) is 0 Å². The maximum absolute atomic E-state index is 11.9. The average molecular weight is 307 g/mol. The van der Waals surface area contributed by atoms with E-state index in [0.29, 0.717) is 6.42 Å². The Kier molecular flexibility index (Phi) is 7.39. The maximum Gasteiger partial charge on any atom is 0.239 e. The Morgan fingerprint density at radius 2 is 1.91 bits per heavy atom. The molecule has 122 valence electrons. The van der Waals surface area contributed by atoms with Gasteiger partial charge in [0.15, 0.2) is 0 Å². The highest BCUT2D eigenvalue weighted by Crippen LogP contribution is 2.20. The standard InChI is InChI=1S/C16H25N3O3/c1-11(2)13(19-16(21)10-18-15(20)9-17)8-12-6-4-5-7-14(12)22-3/h4-7,11,13H,8-10,17H2,1-3H3,(H,18,20)(H,19,21). The molecule has 1 atom stereocenters. The van der Waals surface area contributed by atoms with E-state index in [1.807, 2.05) is 38.1 Å². The minimum Gasteiger partial charge on any atom is -0.496 e. The summed E-state index contributed by atoms with van der Waals surface area (Å²) in [6, 6.07) is 7.69. The highest BCUT2D eigenvalue weighted by atomic mass is 16.5. The van der Waals surface area contributed by atoms with Crippen LogP contribution in [0, 0.1) is 5.92 Å². The number of para-hydroxylation sites is 1. The summed E-state index contributed by atoms with van der Waals surface area (Å²) in [6.45, 7) is 3.89. The van der Waals surface area contributed by atoms with E-state index in [1.165, 1.54) is 0 Å². The third-order valence-corrected chi connectivity index (χ3v) is 3.41. The molecule has 0 saturated carbocycles. The molecule has 0 radical (unpaired) electrons. The lowest BCUT2D eigenvalue weighted by Gasteiger charge is -2.23. The van der Waals surface area contributed by atoms with Crippen LogP contribution in [-0.2, 0) is 16.0 Å². The second-order valence-electron chi connectivity index (χ2n) is 5.41. The monoisotopic (exact) mass is 307 g/mol. The van der Waals surface area contributed by atoms with Crippen LogP contribution in [0.1, 0.15) is 19.4 Å². The Morgan fingerprint density at radius 3 is 2.50 bits per heavy atom. The second kappa shape index (κ2) is 9.04. The third kappa shape index (κ3) is 5.73. The molecule has 6 heteroatoms. The van der Waals surface area contributed by atoms with Gasteiger partial charge in [0.1, 0.15) is 5.75 Å². The first-order valence-corrected chi connectivity index (χ1v) is 7.36. The Morgan fingerprint density at radius 1 is 1.23 bits per heavy atom. The Labute approximate surface area is 131 Å². The van der Waals surface area contributed by atoms with Crippen molar-refractivity contribution in [2.24, 2.45) is 11.7 Å². The van der Waals surface area contributed by atoms with Gasteiger partial charge in [0.2, 0.25) is 11.8 Å². The van der Waals surface area contributed by atoms with E-state index in [2.05, 4.69) is 10.6 Å². The van der Waals surface area contributed by atoms with E-state index in [9.17, 15) is 9.59 Å². The first kappa shape index (κ1) is 18.0. The summed E-state index contributed by atoms with van der Waals surface area (Å²) in [7, 11) is 1.63. The van der Waals surface area contributed by atoms with Gasteiger partial charge in [-0.1, -0.05) is 32.0 Å². The molecule has 1 rings (SSSR count). The number of nitrogens with one attached hydrogen (secondary N) is 2. The van der Waals surface area contributed by atoms with Gasteiger partial charge < -0.3 is 21.1 Å². The smallest absolute Gasteiger partial charge is 0.239 e. The molecule has 0 aliphatic carbocycles. The van der Waals surface area contributed by atoms with Gasteiger partial charge in [0.25, 0.3) is 0 Å². The van der Waals surface area contributed by atoms with Crippen molar-refractivity contribution in [3.8, 4) is 5.75 Å². The number of carbonyl (C=O) groups is 2. The van der Waals surface area contributed by atoms with E-state index in [0.717, 1.165) is 11.3 Å². The average Bonchev–Trinajstić information content (AvgIpc) is 2.52. The Balaban J connectivity index is 2.66. The zero-order valence-electron chi connectivity index (χ0n) is 13.4. The number of hydrogen-bond donors (Lipinski definition) is 3. The lowest BCUT2D eigenvalue weighted by molar-refractivity contribution is -0.125. The van der Waals surface area contributed by atoms with Gasteiger partial charge in [-0.25, -0.2) is 0 Å². The first-order chi connectivity index (χ1) is 10.5. The van der Waals surface area contributed by atoms with Gasteiger partial charge >= 0.3 is 0 Å². The zero-order chi connectivity index (χ0) is 16.5. The number of benzene rings is 1. The summed E-state index contributed by atoms with van der Waals surface area (Å²) in [4.78, 5) is 23.0. The fourth-order valence-electron chi connectivity index (χ4n) is 2.07. The van der Waals surface area contributed by atoms with E-state index < -0.39 is 0 Å². The van der Waals surface area contributed by atoms with Crippen LogP contribution in [0.4, 0.5) is 0 Å². The van der Waals surface area contributed by atoms with Crippen molar-refractivity contribution in [3.05, 3.63) is 29.8 Å². The van der Waals surface area contributed by atoms with Gasteiger partial charge in [-0.3, -0.25) is 9.59 Å². The number of amides is 2. The molecule has 0 fully saturated rings. The molecule has 0 aromatic heterocycles. The Hall–Kier alpha value is -2.08. The number of carbonyl (C=O) groups excluding carboxylic acids is 2. The van der Waals surface area contributed by atoms with Crippen molar-refractivity contribution in [2.75, 3.05) is 20.2 Å². The molecule has 1 aromatic carbocycles. The molecule has 0 heterocycles. The lowest BCUT2D eigenvalue weighted by Crippen LogP contribution is -2.46. The summed E-state index contributed by atoms with van der Waals surface area (Å²) in [5, 5.41) is 5.41. The lowest BCUT2D eigenvalue weighted by atomic mass is 9.96. The van der Waals surface area contributed by atoms with Crippen molar-refractivity contribution in [2.45, 2.75) is 26.3 Å². The van der Waals surface area contributed by atoms with Crippen LogP contribution in [-0.4, -0.2) is 38.1 Å². The van der Waals surface area contributed by atoms with Crippen LogP contribution in [0.15, 0.2) is 24.3 Å². The number of nitrogens with two attached hydrogens (primary N) is 1. The summed E-state index contributed by atoms with van der Waals surface area (Å²) in [5.41, 5.74) is 6.22. The second-order valence-corrected chi connectivity index (χ2v) is 5.41. The predicted molar refractivity (Wildman–Crippen MR) is 85.5 cm³/mol. The molecule has 0 bridgehead atoms. The fraction of sp³-hybridized carbons (Fsp3) is 0.500. The highest BCUT2D eigenvalue weighted by molar-refractivity contribution is 5.85. The summed E-state index contributed by atoms with van der Waals surface area (Å²) < 4.78 is 5.34.